The van der Waals surface area contributed by atoms with E-state index in [-0.39, 0.29) is 28.8 Å². The fraction of sp³-hybridized carbons (Fsp3) is 0.350. The van der Waals surface area contributed by atoms with Crippen LogP contribution in [0.25, 0.3) is 0 Å². The first-order valence-corrected chi connectivity index (χ1v) is 9.93. The van der Waals surface area contributed by atoms with E-state index in [2.05, 4.69) is 5.32 Å². The number of alkyl halides is 3. The summed E-state index contributed by atoms with van der Waals surface area (Å²) in [6, 6.07) is 5.94. The van der Waals surface area contributed by atoms with Crippen LogP contribution < -0.4 is 14.8 Å². The maximum Gasteiger partial charge on any atom is 0.416 e. The van der Waals surface area contributed by atoms with Crippen molar-refractivity contribution in [3.05, 3.63) is 57.1 Å². The smallest absolute Gasteiger partial charge is 0.416 e. The summed E-state index contributed by atoms with van der Waals surface area (Å²) in [5.74, 6) is -0.957. The molecule has 1 N–H and O–H groups in total. The van der Waals surface area contributed by atoms with Crippen LogP contribution in [0.15, 0.2) is 36.4 Å². The molecule has 0 aromatic heterocycles. The molecule has 1 unspecified atom stereocenters. The van der Waals surface area contributed by atoms with Gasteiger partial charge in [0.15, 0.2) is 12.4 Å². The standard InChI is InChI=1S/C20H18ClF3N2O7/c1-11(19(27)25-10-18-30-6-7-31-18)32-17-9-13(3-4-15(17)26(28)29)33-16-5-2-12(8-14(16)21)20(22,23)24/h2-5,8-9,11,18H,6-7,10H2,1H3,(H,25,27). The number of carbonyl (C=O) groups excluding carboxylic acids is 1. The van der Waals surface area contributed by atoms with Crippen LogP contribution in [0, 0.1) is 10.1 Å². The van der Waals surface area contributed by atoms with Crippen LogP contribution in [0.5, 0.6) is 17.2 Å². The summed E-state index contributed by atoms with van der Waals surface area (Å²) in [6.45, 7) is 2.28. The number of rotatable bonds is 8. The molecule has 1 aliphatic heterocycles. The summed E-state index contributed by atoms with van der Waals surface area (Å²) in [6.07, 6.45) is -6.29. The average molecular weight is 491 g/mol. The lowest BCUT2D eigenvalue weighted by Gasteiger charge is -2.17. The number of benzene rings is 2. The molecule has 13 heteroatoms. The molecule has 9 nitrogen and oxygen atoms in total. The molecule has 1 atom stereocenters. The maximum absolute atomic E-state index is 12.8. The molecule has 3 rings (SSSR count). The van der Waals surface area contributed by atoms with Gasteiger partial charge in [-0.1, -0.05) is 11.6 Å². The van der Waals surface area contributed by atoms with Crippen LogP contribution in [0.2, 0.25) is 5.02 Å². The van der Waals surface area contributed by atoms with Gasteiger partial charge in [-0.05, 0) is 31.2 Å². The molecule has 1 fully saturated rings. The van der Waals surface area contributed by atoms with Crippen LogP contribution >= 0.6 is 11.6 Å². The van der Waals surface area contributed by atoms with E-state index in [0.29, 0.717) is 19.3 Å². The van der Waals surface area contributed by atoms with E-state index in [1.165, 1.54) is 13.0 Å². The van der Waals surface area contributed by atoms with Gasteiger partial charge in [0.1, 0.15) is 11.5 Å². The normalized spacial score (nSPS) is 15.2. The Labute approximate surface area is 190 Å². The van der Waals surface area contributed by atoms with Crippen LogP contribution in [0.3, 0.4) is 0 Å². The summed E-state index contributed by atoms with van der Waals surface area (Å²) in [4.78, 5) is 22.9. The molecule has 1 aliphatic rings. The van der Waals surface area contributed by atoms with Crippen LogP contribution in [-0.4, -0.2) is 43.0 Å². The van der Waals surface area contributed by atoms with Crippen molar-refractivity contribution < 1.29 is 41.8 Å². The second kappa shape index (κ2) is 10.2. The van der Waals surface area contributed by atoms with E-state index >= 15 is 0 Å². The van der Waals surface area contributed by atoms with E-state index in [1.807, 2.05) is 0 Å². The lowest BCUT2D eigenvalue weighted by Crippen LogP contribution is -2.40. The highest BCUT2D eigenvalue weighted by molar-refractivity contribution is 6.32. The molecule has 178 valence electrons. The van der Waals surface area contributed by atoms with Crippen molar-refractivity contribution >= 4 is 23.2 Å². The van der Waals surface area contributed by atoms with Gasteiger partial charge >= 0.3 is 11.9 Å². The topological polar surface area (TPSA) is 109 Å². The van der Waals surface area contributed by atoms with Crippen LogP contribution in [0.4, 0.5) is 18.9 Å². The summed E-state index contributed by atoms with van der Waals surface area (Å²) >= 11 is 5.88. The number of nitro groups is 1. The maximum atomic E-state index is 12.8. The molecule has 0 radical (unpaired) electrons. The zero-order valence-corrected chi connectivity index (χ0v) is 17.8. The summed E-state index contributed by atoms with van der Waals surface area (Å²) in [5, 5.41) is 13.6. The first-order chi connectivity index (χ1) is 15.5. The lowest BCUT2D eigenvalue weighted by molar-refractivity contribution is -0.386. The Hall–Kier alpha value is -3.09. The van der Waals surface area contributed by atoms with Crippen molar-refractivity contribution in [2.75, 3.05) is 19.8 Å². The summed E-state index contributed by atoms with van der Waals surface area (Å²) in [5.41, 5.74) is -1.40. The number of carbonyl (C=O) groups is 1. The highest BCUT2D eigenvalue weighted by atomic mass is 35.5. The minimum Gasteiger partial charge on any atom is -0.474 e. The first kappa shape index (κ1) is 24.6. The van der Waals surface area contributed by atoms with Crippen molar-refractivity contribution in [3.63, 3.8) is 0 Å². The monoisotopic (exact) mass is 490 g/mol. The van der Waals surface area contributed by atoms with Gasteiger partial charge in [-0.2, -0.15) is 13.2 Å². The molecule has 2 aromatic rings. The predicted molar refractivity (Wildman–Crippen MR) is 108 cm³/mol. The van der Waals surface area contributed by atoms with Crippen molar-refractivity contribution in [1.82, 2.24) is 5.32 Å². The van der Waals surface area contributed by atoms with Crippen molar-refractivity contribution in [3.8, 4) is 17.2 Å². The molecule has 33 heavy (non-hydrogen) atoms. The minimum atomic E-state index is -4.58. The Morgan fingerprint density at radius 3 is 2.55 bits per heavy atom. The van der Waals surface area contributed by atoms with Crippen LogP contribution in [0.1, 0.15) is 12.5 Å². The van der Waals surface area contributed by atoms with E-state index in [9.17, 15) is 28.1 Å². The lowest BCUT2D eigenvalue weighted by atomic mass is 10.2. The van der Waals surface area contributed by atoms with Gasteiger partial charge in [0.2, 0.25) is 5.75 Å². The van der Waals surface area contributed by atoms with Gasteiger partial charge in [-0.3, -0.25) is 14.9 Å². The summed E-state index contributed by atoms with van der Waals surface area (Å²) < 4.78 is 59.7. The highest BCUT2D eigenvalue weighted by Gasteiger charge is 2.31. The quantitative estimate of drug-likeness (QED) is 0.433. The molecule has 0 spiro atoms. The zero-order chi connectivity index (χ0) is 24.2. The van der Waals surface area contributed by atoms with E-state index in [0.717, 1.165) is 24.3 Å². The zero-order valence-electron chi connectivity index (χ0n) is 17.1. The van der Waals surface area contributed by atoms with Crippen LogP contribution in [-0.2, 0) is 20.4 Å². The van der Waals surface area contributed by atoms with Gasteiger partial charge < -0.3 is 24.3 Å². The van der Waals surface area contributed by atoms with Crippen molar-refractivity contribution in [2.45, 2.75) is 25.5 Å². The fourth-order valence-electron chi connectivity index (χ4n) is 2.79. The van der Waals surface area contributed by atoms with Gasteiger partial charge in [0.05, 0.1) is 35.3 Å². The second-order valence-corrected chi connectivity index (χ2v) is 7.22. The highest BCUT2D eigenvalue weighted by Crippen LogP contribution is 2.38. The van der Waals surface area contributed by atoms with Gasteiger partial charge in [0.25, 0.3) is 5.91 Å². The van der Waals surface area contributed by atoms with Crippen molar-refractivity contribution in [1.29, 1.82) is 0 Å². The number of nitrogens with zero attached hydrogens (tertiary/aromatic N) is 1. The molecule has 0 bridgehead atoms. The average Bonchev–Trinajstić information content (AvgIpc) is 3.26. The van der Waals surface area contributed by atoms with Gasteiger partial charge in [-0.15, -0.1) is 0 Å². The second-order valence-electron chi connectivity index (χ2n) is 6.81. The molecule has 1 saturated heterocycles. The molecular weight excluding hydrogens is 473 g/mol. The van der Waals surface area contributed by atoms with Gasteiger partial charge in [-0.25, -0.2) is 0 Å². The Kier molecular flexibility index (Phi) is 7.61. The van der Waals surface area contributed by atoms with E-state index < -0.39 is 40.7 Å². The SMILES string of the molecule is CC(Oc1cc(Oc2ccc(C(F)(F)F)cc2Cl)ccc1[N+](=O)[O-])C(=O)NCC1OCCO1. The molecule has 0 saturated carbocycles. The largest absolute Gasteiger partial charge is 0.474 e. The van der Waals surface area contributed by atoms with Crippen molar-refractivity contribution in [2.24, 2.45) is 0 Å². The molecule has 1 amide bonds. The molecular formula is C20H18ClF3N2O7. The predicted octanol–water partition coefficient (Wildman–Crippen LogP) is 4.32. The Bertz CT molecular complexity index is 1030. The number of ether oxygens (including phenoxy) is 4. The Morgan fingerprint density at radius 1 is 1.24 bits per heavy atom. The third-order valence-corrected chi connectivity index (χ3v) is 4.72. The first-order valence-electron chi connectivity index (χ1n) is 9.55. The third kappa shape index (κ3) is 6.46. The van der Waals surface area contributed by atoms with E-state index in [1.54, 1.807) is 0 Å². The third-order valence-electron chi connectivity index (χ3n) is 4.42. The number of nitrogens with one attached hydrogen (secondary N) is 1. The summed E-state index contributed by atoms with van der Waals surface area (Å²) in [7, 11) is 0. The Morgan fingerprint density at radius 2 is 1.94 bits per heavy atom. The van der Waals surface area contributed by atoms with E-state index in [4.69, 9.17) is 30.5 Å². The molecule has 2 aromatic carbocycles. The number of amides is 1. The molecule has 1 heterocycles. The Balaban J connectivity index is 1.74. The number of halogens is 4. The minimum absolute atomic E-state index is 0.00220. The number of hydrogen-bond acceptors (Lipinski definition) is 7. The fourth-order valence-corrected chi connectivity index (χ4v) is 3.01. The van der Waals surface area contributed by atoms with Gasteiger partial charge in [0, 0.05) is 12.1 Å². The molecule has 0 aliphatic carbocycles. The number of nitro benzene ring substituents is 1. The number of hydrogen-bond donors (Lipinski definition) is 1.